The minimum absolute atomic E-state index is 0.00697. The van der Waals surface area contributed by atoms with Crippen molar-refractivity contribution >= 4 is 17.5 Å². The van der Waals surface area contributed by atoms with Gasteiger partial charge in [0.2, 0.25) is 5.95 Å². The Balaban J connectivity index is 1.75. The molecule has 0 spiro atoms. The average Bonchev–Trinajstić information content (AvgIpc) is 2.98. The molecule has 0 aromatic carbocycles. The number of Topliss-reactive ketones (excluding diaryl/α,β-unsaturated/α-hetero) is 1. The van der Waals surface area contributed by atoms with E-state index in [2.05, 4.69) is 9.97 Å². The zero-order valence-electron chi connectivity index (χ0n) is 16.4. The van der Waals surface area contributed by atoms with Crippen LogP contribution in [0.3, 0.4) is 0 Å². The number of hydrogen-bond acceptors (Lipinski definition) is 4. The molecule has 0 aliphatic carbocycles. The van der Waals surface area contributed by atoms with E-state index in [-0.39, 0.29) is 42.9 Å². The number of alkyl halides is 3. The molecule has 1 atom stereocenters. The number of rotatable bonds is 6. The quantitative estimate of drug-likeness (QED) is 0.524. The number of aromatic nitrogens is 2. The van der Waals surface area contributed by atoms with Gasteiger partial charge in [-0.3, -0.25) is 9.69 Å². The number of carbonyl (C=O) groups excluding carboxylic acids is 2. The molecule has 0 radical (unpaired) electrons. The first-order valence-corrected chi connectivity index (χ1v) is 9.29. The molecule has 0 unspecified atom stereocenters. The van der Waals surface area contributed by atoms with Crippen LogP contribution >= 0.6 is 0 Å². The lowest BCUT2D eigenvalue weighted by molar-refractivity contribution is -0.141. The predicted molar refractivity (Wildman–Crippen MR) is 100 cm³/mol. The molecule has 0 saturated carbocycles. The monoisotopic (exact) mass is 424 g/mol. The van der Waals surface area contributed by atoms with E-state index in [0.717, 1.165) is 18.3 Å². The van der Waals surface area contributed by atoms with Crippen LogP contribution in [0.15, 0.2) is 36.7 Å². The lowest BCUT2D eigenvalue weighted by atomic mass is 10.0. The molecule has 30 heavy (non-hydrogen) atoms. The van der Waals surface area contributed by atoms with E-state index < -0.39 is 23.8 Å². The van der Waals surface area contributed by atoms with Crippen molar-refractivity contribution in [3.05, 3.63) is 53.9 Å². The van der Waals surface area contributed by atoms with Crippen LogP contribution in [-0.4, -0.2) is 45.8 Å². The van der Waals surface area contributed by atoms with Crippen LogP contribution in [0.1, 0.15) is 25.1 Å². The molecular formula is C20H20F4N4O2. The third kappa shape index (κ3) is 4.74. The Morgan fingerprint density at radius 1 is 1.23 bits per heavy atom. The van der Waals surface area contributed by atoms with Gasteiger partial charge in [0.05, 0.1) is 24.5 Å². The van der Waals surface area contributed by atoms with Crippen molar-refractivity contribution < 1.29 is 27.2 Å². The fourth-order valence-corrected chi connectivity index (χ4v) is 3.37. The average molecular weight is 424 g/mol. The maximum Gasteiger partial charge on any atom is 0.433 e. The zero-order chi connectivity index (χ0) is 22.1. The van der Waals surface area contributed by atoms with Crippen LogP contribution in [0.4, 0.5) is 28.0 Å². The lowest BCUT2D eigenvalue weighted by Crippen LogP contribution is -2.41. The van der Waals surface area contributed by atoms with Crippen molar-refractivity contribution in [2.45, 2.75) is 32.5 Å². The second kappa shape index (κ2) is 8.37. The molecule has 3 rings (SSSR count). The summed E-state index contributed by atoms with van der Waals surface area (Å²) in [4.78, 5) is 35.0. The van der Waals surface area contributed by atoms with Crippen molar-refractivity contribution in [3.63, 3.8) is 0 Å². The molecule has 0 N–H and O–H groups in total. The van der Waals surface area contributed by atoms with E-state index in [4.69, 9.17) is 0 Å². The molecule has 2 aromatic heterocycles. The number of urea groups is 1. The molecule has 1 fully saturated rings. The first-order chi connectivity index (χ1) is 14.1. The van der Waals surface area contributed by atoms with E-state index in [1.54, 1.807) is 0 Å². The molecule has 1 aliphatic heterocycles. The summed E-state index contributed by atoms with van der Waals surface area (Å²) >= 11 is 0. The normalized spacial score (nSPS) is 17.2. The standard InChI is InChI=1S/C20H20F4N4O2/c1-12(2)16-11-27(14-3-4-17(26-9-14)20(22,23)24)19(30)28(16)10-15(29)7-13-5-6-25-18(21)8-13/h3-6,8-9,12,16H,7,10-11H2,1-2H3/t16-/m1/s1. The third-order valence-electron chi connectivity index (χ3n) is 4.91. The summed E-state index contributed by atoms with van der Waals surface area (Å²) in [5, 5.41) is 0. The third-order valence-corrected chi connectivity index (χ3v) is 4.91. The highest BCUT2D eigenvalue weighted by molar-refractivity contribution is 5.97. The smallest absolute Gasteiger partial charge is 0.312 e. The first-order valence-electron chi connectivity index (χ1n) is 9.29. The van der Waals surface area contributed by atoms with Gasteiger partial charge in [0.25, 0.3) is 0 Å². The van der Waals surface area contributed by atoms with Crippen molar-refractivity contribution in [2.75, 3.05) is 18.0 Å². The second-order valence-corrected chi connectivity index (χ2v) is 7.43. The van der Waals surface area contributed by atoms with E-state index in [1.165, 1.54) is 28.1 Å². The highest BCUT2D eigenvalue weighted by Gasteiger charge is 2.41. The fraction of sp³-hybridized carbons (Fsp3) is 0.400. The van der Waals surface area contributed by atoms with E-state index >= 15 is 0 Å². The summed E-state index contributed by atoms with van der Waals surface area (Å²) in [7, 11) is 0. The van der Waals surface area contributed by atoms with Crippen LogP contribution in [0, 0.1) is 11.9 Å². The minimum Gasteiger partial charge on any atom is -0.312 e. The zero-order valence-corrected chi connectivity index (χ0v) is 16.4. The minimum atomic E-state index is -4.57. The number of halogens is 4. The van der Waals surface area contributed by atoms with Gasteiger partial charge >= 0.3 is 12.2 Å². The van der Waals surface area contributed by atoms with Crippen molar-refractivity contribution in [2.24, 2.45) is 5.92 Å². The summed E-state index contributed by atoms with van der Waals surface area (Å²) in [6, 6.07) is 3.90. The van der Waals surface area contributed by atoms with Gasteiger partial charge in [-0.2, -0.15) is 17.6 Å². The van der Waals surface area contributed by atoms with Crippen LogP contribution in [0.25, 0.3) is 0 Å². The van der Waals surface area contributed by atoms with E-state index in [0.29, 0.717) is 5.56 Å². The number of nitrogens with zero attached hydrogens (tertiary/aromatic N) is 4. The topological polar surface area (TPSA) is 66.4 Å². The number of hydrogen-bond donors (Lipinski definition) is 0. The Labute approximate surface area is 170 Å². The highest BCUT2D eigenvalue weighted by Crippen LogP contribution is 2.31. The Morgan fingerprint density at radius 2 is 1.97 bits per heavy atom. The molecule has 160 valence electrons. The van der Waals surface area contributed by atoms with Gasteiger partial charge in [0, 0.05) is 19.2 Å². The van der Waals surface area contributed by atoms with E-state index in [1.807, 2.05) is 13.8 Å². The molecule has 6 nitrogen and oxygen atoms in total. The Morgan fingerprint density at radius 3 is 2.53 bits per heavy atom. The summed E-state index contributed by atoms with van der Waals surface area (Å²) in [6.45, 7) is 3.82. The van der Waals surface area contributed by atoms with E-state index in [9.17, 15) is 27.2 Å². The van der Waals surface area contributed by atoms with Crippen LogP contribution in [0.2, 0.25) is 0 Å². The Kier molecular flexibility index (Phi) is 6.04. The Bertz CT molecular complexity index is 931. The molecular weight excluding hydrogens is 404 g/mol. The second-order valence-electron chi connectivity index (χ2n) is 7.43. The van der Waals surface area contributed by atoms with Crippen molar-refractivity contribution in [3.8, 4) is 0 Å². The number of anilines is 1. The van der Waals surface area contributed by atoms with Gasteiger partial charge < -0.3 is 4.90 Å². The summed E-state index contributed by atoms with van der Waals surface area (Å²) in [5.74, 6) is -0.974. The molecule has 3 heterocycles. The van der Waals surface area contributed by atoms with Crippen molar-refractivity contribution in [1.82, 2.24) is 14.9 Å². The number of amides is 2. The van der Waals surface area contributed by atoms with Crippen LogP contribution in [0.5, 0.6) is 0 Å². The first kappa shape index (κ1) is 21.7. The van der Waals surface area contributed by atoms with Gasteiger partial charge in [-0.05, 0) is 35.7 Å². The maximum atomic E-state index is 13.2. The molecule has 0 bridgehead atoms. The maximum absolute atomic E-state index is 13.2. The summed E-state index contributed by atoms with van der Waals surface area (Å²) < 4.78 is 51.4. The number of pyridine rings is 2. The molecule has 10 heteroatoms. The van der Waals surface area contributed by atoms with Gasteiger partial charge in [0.1, 0.15) is 5.69 Å². The Hall–Kier alpha value is -3.04. The predicted octanol–water partition coefficient (Wildman–Crippen LogP) is 3.71. The molecule has 2 aromatic rings. The van der Waals surface area contributed by atoms with Gasteiger partial charge in [0.15, 0.2) is 5.78 Å². The van der Waals surface area contributed by atoms with Crippen molar-refractivity contribution in [1.29, 1.82) is 0 Å². The highest BCUT2D eigenvalue weighted by atomic mass is 19.4. The molecule has 2 amide bonds. The SMILES string of the molecule is CC(C)[C@H]1CN(c2ccc(C(F)(F)F)nc2)C(=O)N1CC(=O)Cc1ccnc(F)c1. The van der Waals surface area contributed by atoms with Gasteiger partial charge in [-0.25, -0.2) is 14.8 Å². The van der Waals surface area contributed by atoms with Gasteiger partial charge in [-0.15, -0.1) is 0 Å². The number of carbonyl (C=O) groups is 2. The summed E-state index contributed by atoms with van der Waals surface area (Å²) in [6.07, 6.45) is -2.37. The fourth-order valence-electron chi connectivity index (χ4n) is 3.37. The lowest BCUT2D eigenvalue weighted by Gasteiger charge is -2.25. The largest absolute Gasteiger partial charge is 0.433 e. The summed E-state index contributed by atoms with van der Waals surface area (Å²) in [5.41, 5.74) is -0.372. The molecule has 1 aliphatic rings. The molecule has 1 saturated heterocycles. The van der Waals surface area contributed by atoms with Crippen LogP contribution < -0.4 is 4.90 Å². The van der Waals surface area contributed by atoms with Gasteiger partial charge in [-0.1, -0.05) is 13.8 Å². The van der Waals surface area contributed by atoms with Crippen LogP contribution in [-0.2, 0) is 17.4 Å². The number of ketones is 1.